The molecule has 0 aliphatic carbocycles. The van der Waals surface area contributed by atoms with Crippen molar-refractivity contribution in [3.63, 3.8) is 0 Å². The van der Waals surface area contributed by atoms with Gasteiger partial charge in [-0.05, 0) is 25.2 Å². The number of hydrogen-bond donors (Lipinski definition) is 1. The van der Waals surface area contributed by atoms with Gasteiger partial charge in [-0.25, -0.2) is 0 Å². The first-order chi connectivity index (χ1) is 8.22. The lowest BCUT2D eigenvalue weighted by atomic mass is 9.85. The summed E-state index contributed by atoms with van der Waals surface area (Å²) in [5.74, 6) is 1.08. The standard InChI is InChI=1S/C15H30O2/c1-4-7-8-12(5-2)11-14(16)13-9-10-17-15(13)6-3/h12-16H,4-11H2,1-3H3. The molecule has 0 bridgehead atoms. The normalized spacial score (nSPS) is 28.2. The van der Waals surface area contributed by atoms with Gasteiger partial charge in [0.1, 0.15) is 0 Å². The van der Waals surface area contributed by atoms with Gasteiger partial charge < -0.3 is 9.84 Å². The summed E-state index contributed by atoms with van der Waals surface area (Å²) in [6.45, 7) is 7.48. The molecule has 0 aromatic heterocycles. The third kappa shape index (κ3) is 4.59. The molecule has 1 fully saturated rings. The van der Waals surface area contributed by atoms with E-state index in [9.17, 15) is 5.11 Å². The fourth-order valence-corrected chi connectivity index (χ4v) is 3.02. The highest BCUT2D eigenvalue weighted by Crippen LogP contribution is 2.31. The van der Waals surface area contributed by atoms with Crippen molar-refractivity contribution in [3.8, 4) is 0 Å². The molecule has 4 atom stereocenters. The largest absolute Gasteiger partial charge is 0.393 e. The van der Waals surface area contributed by atoms with Gasteiger partial charge in [-0.3, -0.25) is 0 Å². The molecule has 1 aliphatic rings. The number of aliphatic hydroxyl groups is 1. The second-order valence-corrected chi connectivity index (χ2v) is 5.49. The molecule has 2 heteroatoms. The van der Waals surface area contributed by atoms with Gasteiger partial charge in [0.2, 0.25) is 0 Å². The first kappa shape index (κ1) is 15.0. The second kappa shape index (κ2) is 8.10. The van der Waals surface area contributed by atoms with E-state index >= 15 is 0 Å². The van der Waals surface area contributed by atoms with E-state index < -0.39 is 0 Å². The zero-order chi connectivity index (χ0) is 12.7. The van der Waals surface area contributed by atoms with E-state index in [1.807, 2.05) is 0 Å². The SMILES string of the molecule is CCCCC(CC)CC(O)C1CCOC1CC. The van der Waals surface area contributed by atoms with Gasteiger partial charge in [-0.15, -0.1) is 0 Å². The second-order valence-electron chi connectivity index (χ2n) is 5.49. The van der Waals surface area contributed by atoms with E-state index in [0.29, 0.717) is 17.9 Å². The fraction of sp³-hybridized carbons (Fsp3) is 1.00. The molecule has 2 nitrogen and oxygen atoms in total. The third-order valence-corrected chi connectivity index (χ3v) is 4.28. The molecule has 1 N–H and O–H groups in total. The Labute approximate surface area is 107 Å². The van der Waals surface area contributed by atoms with Gasteiger partial charge in [0.15, 0.2) is 0 Å². The number of ether oxygens (including phenoxy) is 1. The Morgan fingerprint density at radius 3 is 2.65 bits per heavy atom. The van der Waals surface area contributed by atoms with E-state index in [1.54, 1.807) is 0 Å². The number of rotatable bonds is 8. The van der Waals surface area contributed by atoms with Gasteiger partial charge in [-0.2, -0.15) is 0 Å². The molecule has 0 amide bonds. The van der Waals surface area contributed by atoms with Gasteiger partial charge in [0.25, 0.3) is 0 Å². The smallest absolute Gasteiger partial charge is 0.0626 e. The van der Waals surface area contributed by atoms with Crippen LogP contribution in [0.3, 0.4) is 0 Å². The lowest BCUT2D eigenvalue weighted by Crippen LogP contribution is -2.29. The Morgan fingerprint density at radius 1 is 1.29 bits per heavy atom. The molecule has 1 saturated heterocycles. The summed E-state index contributed by atoms with van der Waals surface area (Å²) in [4.78, 5) is 0. The topological polar surface area (TPSA) is 29.5 Å². The van der Waals surface area contributed by atoms with Crippen LogP contribution in [0, 0.1) is 11.8 Å². The van der Waals surface area contributed by atoms with E-state index in [0.717, 1.165) is 25.9 Å². The monoisotopic (exact) mass is 242 g/mol. The predicted molar refractivity (Wildman–Crippen MR) is 72.1 cm³/mol. The molecule has 1 aliphatic heterocycles. The molecule has 1 rings (SSSR count). The summed E-state index contributed by atoms with van der Waals surface area (Å²) in [6, 6.07) is 0. The highest BCUT2D eigenvalue weighted by Gasteiger charge is 2.33. The Bertz CT molecular complexity index is 193. The van der Waals surface area contributed by atoms with Crippen molar-refractivity contribution < 1.29 is 9.84 Å². The molecular formula is C15H30O2. The van der Waals surface area contributed by atoms with Crippen LogP contribution in [0.5, 0.6) is 0 Å². The molecule has 0 aromatic rings. The van der Waals surface area contributed by atoms with E-state index in [1.165, 1.54) is 25.7 Å². The summed E-state index contributed by atoms with van der Waals surface area (Å²) < 4.78 is 5.67. The van der Waals surface area contributed by atoms with Crippen molar-refractivity contribution in [1.29, 1.82) is 0 Å². The average Bonchev–Trinajstić information content (AvgIpc) is 2.82. The van der Waals surface area contributed by atoms with Crippen molar-refractivity contribution >= 4 is 0 Å². The zero-order valence-corrected chi connectivity index (χ0v) is 11.8. The maximum Gasteiger partial charge on any atom is 0.0626 e. The summed E-state index contributed by atoms with van der Waals surface area (Å²) in [6.07, 6.45) is 8.23. The number of aliphatic hydroxyl groups excluding tert-OH is 1. The summed E-state index contributed by atoms with van der Waals surface area (Å²) >= 11 is 0. The van der Waals surface area contributed by atoms with Crippen LogP contribution in [-0.2, 0) is 4.74 Å². The van der Waals surface area contributed by atoms with Crippen molar-refractivity contribution in [2.75, 3.05) is 6.61 Å². The van der Waals surface area contributed by atoms with Gasteiger partial charge in [0, 0.05) is 12.5 Å². The van der Waals surface area contributed by atoms with Crippen LogP contribution < -0.4 is 0 Å². The third-order valence-electron chi connectivity index (χ3n) is 4.28. The lowest BCUT2D eigenvalue weighted by molar-refractivity contribution is 0.0193. The summed E-state index contributed by atoms with van der Waals surface area (Å²) in [5.41, 5.74) is 0. The predicted octanol–water partition coefficient (Wildman–Crippen LogP) is 3.77. The van der Waals surface area contributed by atoms with Crippen LogP contribution >= 0.6 is 0 Å². The molecule has 0 saturated carbocycles. The summed E-state index contributed by atoms with van der Waals surface area (Å²) in [5, 5.41) is 10.4. The first-order valence-electron chi connectivity index (χ1n) is 7.52. The van der Waals surface area contributed by atoms with Crippen LogP contribution in [0.4, 0.5) is 0 Å². The van der Waals surface area contributed by atoms with Crippen molar-refractivity contribution in [2.24, 2.45) is 11.8 Å². The molecule has 0 radical (unpaired) electrons. The summed E-state index contributed by atoms with van der Waals surface area (Å²) in [7, 11) is 0. The number of hydrogen-bond acceptors (Lipinski definition) is 2. The average molecular weight is 242 g/mol. The van der Waals surface area contributed by atoms with Gasteiger partial charge in [0.05, 0.1) is 12.2 Å². The molecule has 0 aromatic carbocycles. The molecule has 102 valence electrons. The number of unbranched alkanes of at least 4 members (excludes halogenated alkanes) is 1. The Kier molecular flexibility index (Phi) is 7.14. The first-order valence-corrected chi connectivity index (χ1v) is 7.52. The van der Waals surface area contributed by atoms with Crippen LogP contribution in [0.2, 0.25) is 0 Å². The van der Waals surface area contributed by atoms with Gasteiger partial charge >= 0.3 is 0 Å². The highest BCUT2D eigenvalue weighted by molar-refractivity contribution is 4.82. The van der Waals surface area contributed by atoms with E-state index in [-0.39, 0.29) is 6.10 Å². The van der Waals surface area contributed by atoms with E-state index in [4.69, 9.17) is 4.74 Å². The molecule has 1 heterocycles. The molecule has 4 unspecified atom stereocenters. The Morgan fingerprint density at radius 2 is 2.06 bits per heavy atom. The van der Waals surface area contributed by atoms with Crippen LogP contribution in [-0.4, -0.2) is 23.9 Å². The maximum atomic E-state index is 10.4. The van der Waals surface area contributed by atoms with Crippen LogP contribution in [0.25, 0.3) is 0 Å². The maximum absolute atomic E-state index is 10.4. The minimum absolute atomic E-state index is 0.149. The minimum atomic E-state index is -0.149. The fourth-order valence-electron chi connectivity index (χ4n) is 3.02. The quantitative estimate of drug-likeness (QED) is 0.702. The molecule has 0 spiro atoms. The van der Waals surface area contributed by atoms with E-state index in [2.05, 4.69) is 20.8 Å². The molecular weight excluding hydrogens is 212 g/mol. The van der Waals surface area contributed by atoms with Crippen LogP contribution in [0.1, 0.15) is 65.7 Å². The lowest BCUT2D eigenvalue weighted by Gasteiger charge is -2.26. The Hall–Kier alpha value is -0.0800. The zero-order valence-electron chi connectivity index (χ0n) is 11.8. The van der Waals surface area contributed by atoms with Crippen LogP contribution in [0.15, 0.2) is 0 Å². The minimum Gasteiger partial charge on any atom is -0.393 e. The molecule has 17 heavy (non-hydrogen) atoms. The highest BCUT2D eigenvalue weighted by atomic mass is 16.5. The Balaban J connectivity index is 2.37. The van der Waals surface area contributed by atoms with Crippen molar-refractivity contribution in [1.82, 2.24) is 0 Å². The van der Waals surface area contributed by atoms with Crippen molar-refractivity contribution in [2.45, 2.75) is 77.9 Å². The van der Waals surface area contributed by atoms with Crippen molar-refractivity contribution in [3.05, 3.63) is 0 Å². The van der Waals surface area contributed by atoms with Gasteiger partial charge in [-0.1, -0.05) is 46.5 Å².